The Morgan fingerprint density at radius 3 is 2.65 bits per heavy atom. The normalized spacial score (nSPS) is 38.2. The maximum absolute atomic E-state index is 10.3. The fourth-order valence-electron chi connectivity index (χ4n) is 6.65. The van der Waals surface area contributed by atoms with E-state index in [1.54, 1.807) is 5.57 Å². The van der Waals surface area contributed by atoms with Crippen LogP contribution in [0.5, 0.6) is 0 Å². The SMILES string of the molecule is C=C1CC[C@@H](O)C/C1=C/C=C1\CCC[C@]2(C)[C@@H]([C@H](C)CCC(O)C(C)(O)CO)CC[C@@H]12. The average Bonchev–Trinajstić information content (AvgIpc) is 3.09. The zero-order valence-corrected chi connectivity index (χ0v) is 19.8. The summed E-state index contributed by atoms with van der Waals surface area (Å²) >= 11 is 0. The molecule has 4 nitrogen and oxygen atoms in total. The number of aliphatic hydroxyl groups is 4. The van der Waals surface area contributed by atoms with E-state index in [1.165, 1.54) is 43.8 Å². The first kappa shape index (κ1) is 24.7. The van der Waals surface area contributed by atoms with E-state index in [9.17, 15) is 20.4 Å². The predicted octanol–water partition coefficient (Wildman–Crippen LogP) is 4.68. The Labute approximate surface area is 188 Å². The number of aliphatic hydroxyl groups excluding tert-OH is 3. The fourth-order valence-corrected chi connectivity index (χ4v) is 6.65. The molecule has 3 aliphatic rings. The Morgan fingerprint density at radius 1 is 1.19 bits per heavy atom. The van der Waals surface area contributed by atoms with Crippen LogP contribution in [0.1, 0.15) is 85.0 Å². The lowest BCUT2D eigenvalue weighted by Crippen LogP contribution is -2.43. The highest BCUT2D eigenvalue weighted by Crippen LogP contribution is 2.60. The van der Waals surface area contributed by atoms with E-state index >= 15 is 0 Å². The Balaban J connectivity index is 1.68. The molecule has 0 aliphatic heterocycles. The lowest BCUT2D eigenvalue weighted by molar-refractivity contribution is -0.0971. The molecule has 0 saturated heterocycles. The maximum Gasteiger partial charge on any atom is 0.111 e. The lowest BCUT2D eigenvalue weighted by Gasteiger charge is -2.44. The van der Waals surface area contributed by atoms with Gasteiger partial charge in [-0.2, -0.15) is 0 Å². The van der Waals surface area contributed by atoms with Crippen LogP contribution in [0.4, 0.5) is 0 Å². The van der Waals surface area contributed by atoms with Gasteiger partial charge in [-0.3, -0.25) is 0 Å². The molecular weight excluding hydrogens is 388 g/mol. The van der Waals surface area contributed by atoms with Crippen LogP contribution in [-0.2, 0) is 0 Å². The molecule has 0 aromatic heterocycles. The van der Waals surface area contributed by atoms with Gasteiger partial charge in [0.15, 0.2) is 0 Å². The van der Waals surface area contributed by atoms with E-state index in [4.69, 9.17) is 0 Å². The largest absolute Gasteiger partial charge is 0.393 e. The van der Waals surface area contributed by atoms with Gasteiger partial charge in [0.2, 0.25) is 0 Å². The van der Waals surface area contributed by atoms with Crippen LogP contribution >= 0.6 is 0 Å². The number of fused-ring (bicyclic) bond motifs is 1. The summed E-state index contributed by atoms with van der Waals surface area (Å²) in [4.78, 5) is 0. The predicted molar refractivity (Wildman–Crippen MR) is 125 cm³/mol. The number of rotatable bonds is 7. The lowest BCUT2D eigenvalue weighted by atomic mass is 9.60. The third-order valence-electron chi connectivity index (χ3n) is 8.85. The molecule has 3 aliphatic carbocycles. The van der Waals surface area contributed by atoms with E-state index in [0.29, 0.717) is 24.2 Å². The highest BCUT2D eigenvalue weighted by molar-refractivity contribution is 5.36. The Morgan fingerprint density at radius 2 is 1.94 bits per heavy atom. The van der Waals surface area contributed by atoms with Crippen molar-refractivity contribution in [3.63, 3.8) is 0 Å². The van der Waals surface area contributed by atoms with Crippen LogP contribution in [0.3, 0.4) is 0 Å². The minimum Gasteiger partial charge on any atom is -0.393 e. The third-order valence-corrected chi connectivity index (χ3v) is 8.85. The molecule has 3 rings (SSSR count). The molecule has 4 heteroatoms. The van der Waals surface area contributed by atoms with Crippen molar-refractivity contribution in [3.8, 4) is 0 Å². The number of hydrogen-bond acceptors (Lipinski definition) is 4. The summed E-state index contributed by atoms with van der Waals surface area (Å²) in [6.07, 6.45) is 13.4. The summed E-state index contributed by atoms with van der Waals surface area (Å²) in [6, 6.07) is 0. The fraction of sp³-hybridized carbons (Fsp3) is 0.778. The molecule has 0 amide bonds. The molecule has 176 valence electrons. The van der Waals surface area contributed by atoms with Crippen molar-refractivity contribution < 1.29 is 20.4 Å². The zero-order valence-electron chi connectivity index (χ0n) is 19.8. The molecule has 31 heavy (non-hydrogen) atoms. The first-order valence-electron chi connectivity index (χ1n) is 12.4. The standard InChI is InChI=1S/C27H44O4/c1-18-7-11-22(29)16-21(18)10-9-20-6-5-15-26(3)23(12-13-24(20)26)19(2)8-14-25(30)27(4,31)17-28/h9-10,19,22-25,28-31H,1,5-8,11-17H2,2-4H3/b20-9+,21-10-/t19-,22-,23-,24+,25?,26-,27?/m1/s1. The summed E-state index contributed by atoms with van der Waals surface area (Å²) in [7, 11) is 0. The van der Waals surface area contributed by atoms with Crippen molar-refractivity contribution in [3.05, 3.63) is 35.5 Å². The Bertz CT molecular complexity index is 706. The summed E-state index contributed by atoms with van der Waals surface area (Å²) in [5, 5.41) is 39.7. The van der Waals surface area contributed by atoms with Crippen molar-refractivity contribution >= 4 is 0 Å². The second-order valence-corrected chi connectivity index (χ2v) is 11.1. The van der Waals surface area contributed by atoms with E-state index in [-0.39, 0.29) is 11.5 Å². The molecule has 0 radical (unpaired) electrons. The van der Waals surface area contributed by atoms with Gasteiger partial charge in [0.25, 0.3) is 0 Å². The van der Waals surface area contributed by atoms with Gasteiger partial charge in [-0.1, -0.05) is 43.7 Å². The molecule has 0 aromatic carbocycles. The third kappa shape index (κ3) is 5.35. The van der Waals surface area contributed by atoms with Crippen molar-refractivity contribution in [1.29, 1.82) is 0 Å². The maximum atomic E-state index is 10.3. The summed E-state index contributed by atoms with van der Waals surface area (Å²) in [5.41, 5.74) is 2.82. The van der Waals surface area contributed by atoms with E-state index in [0.717, 1.165) is 32.1 Å². The van der Waals surface area contributed by atoms with Gasteiger partial charge >= 0.3 is 0 Å². The zero-order chi connectivity index (χ0) is 22.8. The summed E-state index contributed by atoms with van der Waals surface area (Å²) < 4.78 is 0. The van der Waals surface area contributed by atoms with Gasteiger partial charge < -0.3 is 20.4 Å². The van der Waals surface area contributed by atoms with Crippen molar-refractivity contribution in [2.45, 2.75) is 103 Å². The Hall–Kier alpha value is -0.940. The second kappa shape index (κ2) is 9.91. The minimum atomic E-state index is -1.42. The van der Waals surface area contributed by atoms with Crippen molar-refractivity contribution in [2.75, 3.05) is 6.61 Å². The summed E-state index contributed by atoms with van der Waals surface area (Å²) in [5.74, 6) is 1.70. The highest BCUT2D eigenvalue weighted by atomic mass is 16.4. The number of allylic oxidation sites excluding steroid dienone is 4. The van der Waals surface area contributed by atoms with E-state index < -0.39 is 18.3 Å². The monoisotopic (exact) mass is 432 g/mol. The van der Waals surface area contributed by atoms with Gasteiger partial charge in [-0.05, 0) is 99.9 Å². The average molecular weight is 433 g/mol. The van der Waals surface area contributed by atoms with Crippen LogP contribution in [0.25, 0.3) is 0 Å². The first-order chi connectivity index (χ1) is 14.6. The number of hydrogen-bond donors (Lipinski definition) is 4. The second-order valence-electron chi connectivity index (χ2n) is 11.1. The molecule has 0 heterocycles. The molecule has 3 fully saturated rings. The van der Waals surface area contributed by atoms with Crippen molar-refractivity contribution in [1.82, 2.24) is 0 Å². The molecule has 4 N–H and O–H groups in total. The van der Waals surface area contributed by atoms with Gasteiger partial charge in [0.1, 0.15) is 5.60 Å². The molecular formula is C27H44O4. The summed E-state index contributed by atoms with van der Waals surface area (Å²) in [6.45, 7) is 10.1. The van der Waals surface area contributed by atoms with Crippen LogP contribution in [0.2, 0.25) is 0 Å². The smallest absolute Gasteiger partial charge is 0.111 e. The van der Waals surface area contributed by atoms with Crippen LogP contribution in [0.15, 0.2) is 35.5 Å². The quantitative estimate of drug-likeness (QED) is 0.471. The molecule has 0 bridgehead atoms. The molecule has 3 saturated carbocycles. The molecule has 2 unspecified atom stereocenters. The highest BCUT2D eigenvalue weighted by Gasteiger charge is 2.50. The van der Waals surface area contributed by atoms with Crippen molar-refractivity contribution in [2.24, 2.45) is 23.2 Å². The first-order valence-corrected chi connectivity index (χ1v) is 12.4. The molecule has 0 spiro atoms. The molecule has 7 atom stereocenters. The molecule has 0 aromatic rings. The van der Waals surface area contributed by atoms with Crippen LogP contribution < -0.4 is 0 Å². The van der Waals surface area contributed by atoms with Gasteiger partial charge in [0, 0.05) is 0 Å². The van der Waals surface area contributed by atoms with Gasteiger partial charge in [-0.15, -0.1) is 0 Å². The Kier molecular flexibility index (Phi) is 7.89. The minimum absolute atomic E-state index is 0.231. The van der Waals surface area contributed by atoms with Gasteiger partial charge in [-0.25, -0.2) is 0 Å². The van der Waals surface area contributed by atoms with Gasteiger partial charge in [0.05, 0.1) is 18.8 Å². The van der Waals surface area contributed by atoms with Crippen LogP contribution in [-0.4, -0.2) is 44.8 Å². The van der Waals surface area contributed by atoms with Crippen LogP contribution in [0, 0.1) is 23.2 Å². The van der Waals surface area contributed by atoms with E-state index in [2.05, 4.69) is 32.6 Å². The topological polar surface area (TPSA) is 80.9 Å². The van der Waals surface area contributed by atoms with E-state index in [1.807, 2.05) is 0 Å².